The molecule has 2 aromatic heterocycles. The zero-order valence-electron chi connectivity index (χ0n) is 15.3. The molecule has 0 saturated heterocycles. The summed E-state index contributed by atoms with van der Waals surface area (Å²) in [6.07, 6.45) is 3.66. The van der Waals surface area contributed by atoms with Gasteiger partial charge in [0, 0.05) is 47.9 Å². The SMILES string of the molecule is COC(=O)Cc1coc2cc(N(C)Cc3cccc4cccnc34)ccc12. The molecule has 2 heterocycles. The average Bonchev–Trinajstić information content (AvgIpc) is 3.10. The van der Waals surface area contributed by atoms with Gasteiger partial charge in [-0.2, -0.15) is 0 Å². The number of hydrogen-bond donors (Lipinski definition) is 0. The predicted molar refractivity (Wildman–Crippen MR) is 106 cm³/mol. The highest BCUT2D eigenvalue weighted by Gasteiger charge is 2.13. The number of carbonyl (C=O) groups is 1. The molecule has 4 rings (SSSR count). The molecule has 2 aromatic carbocycles. The van der Waals surface area contributed by atoms with Gasteiger partial charge in [-0.3, -0.25) is 9.78 Å². The summed E-state index contributed by atoms with van der Waals surface area (Å²) in [6, 6.07) is 16.3. The summed E-state index contributed by atoms with van der Waals surface area (Å²) in [5, 5.41) is 2.07. The minimum atomic E-state index is -0.276. The Morgan fingerprint density at radius 3 is 2.85 bits per heavy atom. The normalized spacial score (nSPS) is 11.0. The summed E-state index contributed by atoms with van der Waals surface area (Å²) in [5.74, 6) is -0.276. The minimum absolute atomic E-state index is 0.209. The van der Waals surface area contributed by atoms with Crippen LogP contribution in [0.1, 0.15) is 11.1 Å². The van der Waals surface area contributed by atoms with Gasteiger partial charge in [0.25, 0.3) is 0 Å². The number of methoxy groups -OCH3 is 1. The third kappa shape index (κ3) is 3.36. The summed E-state index contributed by atoms with van der Waals surface area (Å²) >= 11 is 0. The Morgan fingerprint density at radius 1 is 1.15 bits per heavy atom. The minimum Gasteiger partial charge on any atom is -0.469 e. The average molecular weight is 360 g/mol. The standard InChI is InChI=1S/C22H20N2O3/c1-24(13-16-6-3-5-15-7-4-10-23-22(15)16)18-8-9-19-17(11-21(25)26-2)14-27-20(19)12-18/h3-10,12,14H,11,13H2,1-2H3. The predicted octanol–water partition coefficient (Wildman–Crippen LogP) is 4.33. The van der Waals surface area contributed by atoms with Crippen molar-refractivity contribution in [2.45, 2.75) is 13.0 Å². The monoisotopic (exact) mass is 360 g/mol. The fourth-order valence-corrected chi connectivity index (χ4v) is 3.32. The lowest BCUT2D eigenvalue weighted by Gasteiger charge is -2.20. The summed E-state index contributed by atoms with van der Waals surface area (Å²) in [5.41, 5.74) is 4.82. The number of nitrogens with zero attached hydrogens (tertiary/aromatic N) is 2. The lowest BCUT2D eigenvalue weighted by atomic mass is 10.1. The fraction of sp³-hybridized carbons (Fsp3) is 0.182. The molecule has 0 aliphatic heterocycles. The first-order valence-corrected chi connectivity index (χ1v) is 8.76. The van der Waals surface area contributed by atoms with Gasteiger partial charge >= 0.3 is 5.97 Å². The molecule has 0 radical (unpaired) electrons. The van der Waals surface area contributed by atoms with E-state index in [1.165, 1.54) is 12.7 Å². The maximum Gasteiger partial charge on any atom is 0.310 e. The van der Waals surface area contributed by atoms with Crippen LogP contribution in [-0.2, 0) is 22.5 Å². The van der Waals surface area contributed by atoms with Crippen molar-refractivity contribution < 1.29 is 13.9 Å². The molecule has 5 heteroatoms. The second-order valence-corrected chi connectivity index (χ2v) is 6.54. The Bertz CT molecular complexity index is 1110. The number of ether oxygens (including phenoxy) is 1. The first kappa shape index (κ1) is 17.1. The van der Waals surface area contributed by atoms with E-state index in [-0.39, 0.29) is 12.4 Å². The number of carbonyl (C=O) groups excluding carboxylic acids is 1. The van der Waals surface area contributed by atoms with Crippen molar-refractivity contribution in [2.75, 3.05) is 19.1 Å². The Kier molecular flexibility index (Phi) is 4.50. The van der Waals surface area contributed by atoms with E-state index in [1.807, 2.05) is 37.5 Å². The van der Waals surface area contributed by atoms with E-state index < -0.39 is 0 Å². The van der Waals surface area contributed by atoms with Crippen LogP contribution in [0.25, 0.3) is 21.9 Å². The van der Waals surface area contributed by atoms with Crippen molar-refractivity contribution in [1.29, 1.82) is 0 Å². The van der Waals surface area contributed by atoms with Gasteiger partial charge in [-0.05, 0) is 23.8 Å². The van der Waals surface area contributed by atoms with E-state index >= 15 is 0 Å². The van der Waals surface area contributed by atoms with Gasteiger partial charge in [-0.15, -0.1) is 0 Å². The van der Waals surface area contributed by atoms with E-state index in [0.717, 1.165) is 39.7 Å². The Labute approximate surface area is 157 Å². The number of benzene rings is 2. The topological polar surface area (TPSA) is 55.6 Å². The van der Waals surface area contributed by atoms with Crippen LogP contribution >= 0.6 is 0 Å². The Balaban J connectivity index is 1.61. The first-order chi connectivity index (χ1) is 13.2. The van der Waals surface area contributed by atoms with E-state index in [9.17, 15) is 4.79 Å². The molecule has 27 heavy (non-hydrogen) atoms. The van der Waals surface area contributed by atoms with E-state index in [4.69, 9.17) is 9.15 Å². The molecule has 0 atom stereocenters. The van der Waals surface area contributed by atoms with E-state index in [2.05, 4.69) is 34.1 Å². The summed E-state index contributed by atoms with van der Waals surface area (Å²) in [4.78, 5) is 18.2. The number of hydrogen-bond acceptors (Lipinski definition) is 5. The third-order valence-corrected chi connectivity index (χ3v) is 4.77. The van der Waals surface area contributed by atoms with Crippen LogP contribution in [0.15, 0.2) is 65.4 Å². The lowest BCUT2D eigenvalue weighted by Crippen LogP contribution is -2.16. The zero-order chi connectivity index (χ0) is 18.8. The van der Waals surface area contributed by atoms with Crippen LogP contribution < -0.4 is 4.90 Å². The van der Waals surface area contributed by atoms with Gasteiger partial charge in [-0.1, -0.05) is 24.3 Å². The molecule has 4 aromatic rings. The van der Waals surface area contributed by atoms with Crippen LogP contribution in [0.4, 0.5) is 5.69 Å². The number of aromatic nitrogens is 1. The van der Waals surface area contributed by atoms with Crippen LogP contribution in [0, 0.1) is 0 Å². The molecule has 0 spiro atoms. The molecule has 0 saturated carbocycles. The summed E-state index contributed by atoms with van der Waals surface area (Å²) in [7, 11) is 3.43. The second-order valence-electron chi connectivity index (χ2n) is 6.54. The molecule has 136 valence electrons. The number of furan rings is 1. The van der Waals surface area contributed by atoms with Gasteiger partial charge in [0.2, 0.25) is 0 Å². The number of esters is 1. The number of anilines is 1. The number of pyridine rings is 1. The highest BCUT2D eigenvalue weighted by molar-refractivity contribution is 5.88. The maximum absolute atomic E-state index is 11.5. The molecule has 0 aliphatic rings. The lowest BCUT2D eigenvalue weighted by molar-refractivity contribution is -0.139. The van der Waals surface area contributed by atoms with Crippen molar-refractivity contribution in [3.8, 4) is 0 Å². The number of rotatable bonds is 5. The largest absolute Gasteiger partial charge is 0.469 e. The van der Waals surface area contributed by atoms with Gasteiger partial charge in [-0.25, -0.2) is 0 Å². The van der Waals surface area contributed by atoms with E-state index in [0.29, 0.717) is 0 Å². The second kappa shape index (κ2) is 7.11. The summed E-state index contributed by atoms with van der Waals surface area (Å²) in [6.45, 7) is 0.732. The van der Waals surface area contributed by atoms with Crippen molar-refractivity contribution in [3.05, 3.63) is 72.1 Å². The highest BCUT2D eigenvalue weighted by atomic mass is 16.5. The smallest absolute Gasteiger partial charge is 0.310 e. The summed E-state index contributed by atoms with van der Waals surface area (Å²) < 4.78 is 10.4. The molecule has 0 bridgehead atoms. The maximum atomic E-state index is 11.5. The highest BCUT2D eigenvalue weighted by Crippen LogP contribution is 2.28. The Hall–Kier alpha value is -3.34. The number of para-hydroxylation sites is 1. The molecule has 5 nitrogen and oxygen atoms in total. The van der Waals surface area contributed by atoms with Crippen molar-refractivity contribution in [3.63, 3.8) is 0 Å². The van der Waals surface area contributed by atoms with Gasteiger partial charge in [0.1, 0.15) is 5.58 Å². The zero-order valence-corrected chi connectivity index (χ0v) is 15.3. The third-order valence-electron chi connectivity index (χ3n) is 4.77. The molecule has 0 amide bonds. The quantitative estimate of drug-likeness (QED) is 0.496. The molecule has 0 unspecified atom stereocenters. The number of fused-ring (bicyclic) bond motifs is 2. The van der Waals surface area contributed by atoms with Gasteiger partial charge < -0.3 is 14.1 Å². The first-order valence-electron chi connectivity index (χ1n) is 8.76. The van der Waals surface area contributed by atoms with Crippen molar-refractivity contribution >= 4 is 33.5 Å². The van der Waals surface area contributed by atoms with Crippen molar-refractivity contribution in [1.82, 2.24) is 4.98 Å². The molecular weight excluding hydrogens is 340 g/mol. The Morgan fingerprint density at radius 2 is 2.00 bits per heavy atom. The molecular formula is C22H20N2O3. The van der Waals surface area contributed by atoms with Gasteiger partial charge in [0.15, 0.2) is 0 Å². The van der Waals surface area contributed by atoms with Crippen LogP contribution in [0.2, 0.25) is 0 Å². The molecule has 0 aliphatic carbocycles. The van der Waals surface area contributed by atoms with Crippen LogP contribution in [0.5, 0.6) is 0 Å². The fourth-order valence-electron chi connectivity index (χ4n) is 3.32. The molecule has 0 N–H and O–H groups in total. The van der Waals surface area contributed by atoms with E-state index in [1.54, 1.807) is 6.26 Å². The van der Waals surface area contributed by atoms with Crippen LogP contribution in [0.3, 0.4) is 0 Å². The van der Waals surface area contributed by atoms with Crippen LogP contribution in [-0.4, -0.2) is 25.1 Å². The molecule has 0 fully saturated rings. The van der Waals surface area contributed by atoms with Crippen molar-refractivity contribution in [2.24, 2.45) is 0 Å². The van der Waals surface area contributed by atoms with Gasteiger partial charge in [0.05, 0.1) is 25.3 Å².